The molecule has 0 N–H and O–H groups in total. The number of anilines is 3. The molecule has 0 aliphatic heterocycles. The van der Waals surface area contributed by atoms with Gasteiger partial charge in [0.1, 0.15) is 11.2 Å². The number of benzene rings is 9. The first-order valence-electron chi connectivity index (χ1n) is 16.4. The molecular formula is C46H29NO. The second kappa shape index (κ2) is 10.6. The summed E-state index contributed by atoms with van der Waals surface area (Å²) in [7, 11) is 0. The summed E-state index contributed by atoms with van der Waals surface area (Å²) in [5.41, 5.74) is 7.41. The highest BCUT2D eigenvalue weighted by Crippen LogP contribution is 2.47. The summed E-state index contributed by atoms with van der Waals surface area (Å²) in [5.74, 6) is 0. The summed E-state index contributed by atoms with van der Waals surface area (Å²) in [6.07, 6.45) is 0. The Bertz CT molecular complexity index is 2850. The van der Waals surface area contributed by atoms with Crippen LogP contribution in [0.5, 0.6) is 0 Å². The van der Waals surface area contributed by atoms with E-state index in [4.69, 9.17) is 4.42 Å². The Morgan fingerprint density at radius 2 is 1.00 bits per heavy atom. The smallest absolute Gasteiger partial charge is 0.143 e. The van der Waals surface area contributed by atoms with E-state index in [0.29, 0.717) is 0 Å². The second-order valence-electron chi connectivity index (χ2n) is 12.5. The number of furan rings is 1. The molecular weight excluding hydrogens is 583 g/mol. The van der Waals surface area contributed by atoms with Gasteiger partial charge in [0.05, 0.1) is 16.8 Å². The zero-order valence-electron chi connectivity index (χ0n) is 26.1. The summed E-state index contributed by atoms with van der Waals surface area (Å²) < 4.78 is 6.68. The second-order valence-corrected chi connectivity index (χ2v) is 12.5. The van der Waals surface area contributed by atoms with Gasteiger partial charge in [-0.3, -0.25) is 0 Å². The van der Waals surface area contributed by atoms with E-state index in [9.17, 15) is 0 Å². The van der Waals surface area contributed by atoms with Gasteiger partial charge in [-0.05, 0) is 79.7 Å². The average Bonchev–Trinajstić information content (AvgIpc) is 3.55. The van der Waals surface area contributed by atoms with Crippen molar-refractivity contribution in [2.24, 2.45) is 0 Å². The number of nitrogens with zero attached hydrogens (tertiary/aromatic N) is 1. The van der Waals surface area contributed by atoms with Gasteiger partial charge in [0, 0.05) is 22.0 Å². The molecule has 0 aliphatic rings. The minimum absolute atomic E-state index is 0.874. The van der Waals surface area contributed by atoms with Crippen molar-refractivity contribution in [3.05, 3.63) is 176 Å². The first-order chi connectivity index (χ1) is 23.8. The zero-order valence-corrected chi connectivity index (χ0v) is 26.1. The molecule has 0 saturated heterocycles. The average molecular weight is 612 g/mol. The van der Waals surface area contributed by atoms with Crippen LogP contribution in [0, 0.1) is 0 Å². The van der Waals surface area contributed by atoms with E-state index in [2.05, 4.69) is 181 Å². The van der Waals surface area contributed by atoms with E-state index in [-0.39, 0.29) is 0 Å². The van der Waals surface area contributed by atoms with Crippen LogP contribution in [0.2, 0.25) is 0 Å². The molecule has 1 aromatic heterocycles. The minimum Gasteiger partial charge on any atom is -0.455 e. The zero-order chi connectivity index (χ0) is 31.6. The summed E-state index contributed by atoms with van der Waals surface area (Å²) in [6.45, 7) is 0. The lowest BCUT2D eigenvalue weighted by Gasteiger charge is -2.29. The third-order valence-corrected chi connectivity index (χ3v) is 9.80. The number of para-hydroxylation sites is 1. The fourth-order valence-corrected chi connectivity index (χ4v) is 7.62. The molecule has 0 bridgehead atoms. The van der Waals surface area contributed by atoms with Crippen LogP contribution in [0.4, 0.5) is 17.1 Å². The van der Waals surface area contributed by atoms with Crippen molar-refractivity contribution in [2.75, 3.05) is 4.90 Å². The topological polar surface area (TPSA) is 16.4 Å². The third kappa shape index (κ3) is 4.06. The van der Waals surface area contributed by atoms with Crippen molar-refractivity contribution < 1.29 is 4.42 Å². The Morgan fingerprint density at radius 3 is 1.88 bits per heavy atom. The monoisotopic (exact) mass is 611 g/mol. The summed E-state index contributed by atoms with van der Waals surface area (Å²) >= 11 is 0. The molecule has 0 saturated carbocycles. The first kappa shape index (κ1) is 26.8. The standard InChI is InChI=1S/C46H29NO/c1-2-11-30(12-3-1)36-15-8-9-18-41(36)47(42-19-10-20-43-45(42)40-27-25-32-14-5-7-17-39(32)46(40)48-43)35-26-28-38-34(29-35)24-23-33-22-21-31-13-4-6-16-37(31)44(33)38/h1-29H. The van der Waals surface area contributed by atoms with Gasteiger partial charge in [-0.15, -0.1) is 0 Å². The largest absolute Gasteiger partial charge is 0.455 e. The Hall–Kier alpha value is -6.38. The van der Waals surface area contributed by atoms with E-state index >= 15 is 0 Å². The van der Waals surface area contributed by atoms with Crippen LogP contribution >= 0.6 is 0 Å². The van der Waals surface area contributed by atoms with E-state index < -0.39 is 0 Å². The SMILES string of the molecule is c1ccc(-c2ccccc2N(c2ccc3c(ccc4ccc5ccccc5c43)c2)c2cccc3oc4c5ccccc5ccc4c23)cc1. The Morgan fingerprint density at radius 1 is 0.375 bits per heavy atom. The van der Waals surface area contributed by atoms with Crippen molar-refractivity contribution in [3.63, 3.8) is 0 Å². The molecule has 224 valence electrons. The molecule has 2 heteroatoms. The lowest BCUT2D eigenvalue weighted by molar-refractivity contribution is 0.672. The summed E-state index contributed by atoms with van der Waals surface area (Å²) in [4.78, 5) is 2.42. The van der Waals surface area contributed by atoms with Gasteiger partial charge < -0.3 is 9.32 Å². The summed E-state index contributed by atoms with van der Waals surface area (Å²) in [5, 5.41) is 12.0. The molecule has 0 unspecified atom stereocenters. The van der Waals surface area contributed by atoms with Crippen molar-refractivity contribution in [2.45, 2.75) is 0 Å². The fraction of sp³-hybridized carbons (Fsp3) is 0. The molecule has 0 atom stereocenters. The predicted molar refractivity (Wildman–Crippen MR) is 204 cm³/mol. The molecule has 9 aromatic carbocycles. The van der Waals surface area contributed by atoms with Gasteiger partial charge >= 0.3 is 0 Å². The highest BCUT2D eigenvalue weighted by Gasteiger charge is 2.23. The van der Waals surface area contributed by atoms with Crippen LogP contribution in [-0.4, -0.2) is 0 Å². The maximum absolute atomic E-state index is 6.68. The Labute approximate surface area is 277 Å². The van der Waals surface area contributed by atoms with E-state index in [1.165, 1.54) is 43.3 Å². The molecule has 0 radical (unpaired) electrons. The maximum Gasteiger partial charge on any atom is 0.143 e. The molecule has 0 amide bonds. The Kier molecular flexibility index (Phi) is 5.91. The van der Waals surface area contributed by atoms with Gasteiger partial charge in [-0.25, -0.2) is 0 Å². The molecule has 0 spiro atoms. The molecule has 0 fully saturated rings. The van der Waals surface area contributed by atoms with Crippen molar-refractivity contribution in [1.29, 1.82) is 0 Å². The van der Waals surface area contributed by atoms with E-state index in [1.54, 1.807) is 0 Å². The van der Waals surface area contributed by atoms with Crippen molar-refractivity contribution in [1.82, 2.24) is 0 Å². The summed E-state index contributed by atoms with van der Waals surface area (Å²) in [6, 6.07) is 63.3. The molecule has 10 aromatic rings. The van der Waals surface area contributed by atoms with Crippen LogP contribution < -0.4 is 4.90 Å². The van der Waals surface area contributed by atoms with Crippen LogP contribution in [0.3, 0.4) is 0 Å². The van der Waals surface area contributed by atoms with Gasteiger partial charge in [0.15, 0.2) is 0 Å². The van der Waals surface area contributed by atoms with Gasteiger partial charge in [0.25, 0.3) is 0 Å². The predicted octanol–water partition coefficient (Wildman–Crippen LogP) is 13.3. The molecule has 48 heavy (non-hydrogen) atoms. The van der Waals surface area contributed by atoms with Crippen LogP contribution in [0.1, 0.15) is 0 Å². The lowest BCUT2D eigenvalue weighted by atomic mass is 9.95. The minimum atomic E-state index is 0.874. The highest BCUT2D eigenvalue weighted by molar-refractivity contribution is 6.22. The Balaban J connectivity index is 1.28. The van der Waals surface area contributed by atoms with Crippen LogP contribution in [0.15, 0.2) is 180 Å². The molecule has 0 aliphatic carbocycles. The normalized spacial score (nSPS) is 11.8. The number of fused-ring (bicyclic) bond motifs is 10. The van der Waals surface area contributed by atoms with Crippen LogP contribution in [0.25, 0.3) is 76.2 Å². The number of hydrogen-bond acceptors (Lipinski definition) is 2. The van der Waals surface area contributed by atoms with Crippen molar-refractivity contribution in [3.8, 4) is 11.1 Å². The number of rotatable bonds is 4. The fourth-order valence-electron chi connectivity index (χ4n) is 7.62. The third-order valence-electron chi connectivity index (χ3n) is 9.80. The lowest BCUT2D eigenvalue weighted by Crippen LogP contribution is -2.11. The van der Waals surface area contributed by atoms with Gasteiger partial charge in [-0.2, -0.15) is 0 Å². The molecule has 10 rings (SSSR count). The molecule has 1 heterocycles. The van der Waals surface area contributed by atoms with Crippen molar-refractivity contribution >= 4 is 82.1 Å². The van der Waals surface area contributed by atoms with Gasteiger partial charge in [-0.1, -0.05) is 140 Å². The highest BCUT2D eigenvalue weighted by atomic mass is 16.3. The molecule has 2 nitrogen and oxygen atoms in total. The maximum atomic E-state index is 6.68. The quantitative estimate of drug-likeness (QED) is 0.184. The van der Waals surface area contributed by atoms with E-state index in [1.807, 2.05) is 0 Å². The van der Waals surface area contributed by atoms with E-state index in [0.717, 1.165) is 50.0 Å². The number of hydrogen-bond donors (Lipinski definition) is 0. The van der Waals surface area contributed by atoms with Crippen LogP contribution in [-0.2, 0) is 0 Å². The first-order valence-corrected chi connectivity index (χ1v) is 16.4. The van der Waals surface area contributed by atoms with Gasteiger partial charge in [0.2, 0.25) is 0 Å².